The van der Waals surface area contributed by atoms with Crippen molar-refractivity contribution in [2.24, 2.45) is 0 Å². The normalized spacial score (nSPS) is 18.7. The van der Waals surface area contributed by atoms with Gasteiger partial charge in [0.2, 0.25) is 5.01 Å². The lowest BCUT2D eigenvalue weighted by molar-refractivity contribution is -0.0368. The Balaban J connectivity index is 2.21. The summed E-state index contributed by atoms with van der Waals surface area (Å²) in [7, 11) is 0. The van der Waals surface area contributed by atoms with Crippen molar-refractivity contribution in [3.8, 4) is 0 Å². The fourth-order valence-corrected chi connectivity index (χ4v) is 2.54. The van der Waals surface area contributed by atoms with E-state index in [0.29, 0.717) is 24.6 Å². The highest BCUT2D eigenvalue weighted by atomic mass is 32.1. The van der Waals surface area contributed by atoms with Gasteiger partial charge in [0.25, 0.3) is 5.91 Å². The van der Waals surface area contributed by atoms with Crippen LogP contribution >= 0.6 is 11.3 Å². The second kappa shape index (κ2) is 4.66. The molecule has 2 rings (SSSR count). The lowest BCUT2D eigenvalue weighted by Gasteiger charge is -2.41. The predicted octanol–water partition coefficient (Wildman–Crippen LogP) is 1.09. The summed E-state index contributed by atoms with van der Waals surface area (Å²) < 4.78 is 5.34. The molecule has 0 saturated carbocycles. The van der Waals surface area contributed by atoms with E-state index in [4.69, 9.17) is 9.84 Å². The molecule has 1 saturated heterocycles. The summed E-state index contributed by atoms with van der Waals surface area (Å²) in [4.78, 5) is 28.8. The van der Waals surface area contributed by atoms with E-state index in [1.807, 2.05) is 13.8 Å². The molecule has 1 N–H and O–H groups in total. The standard InChI is InChI=1S/C11H14N2O4S/c1-11(2)6-17-4-3-13(11)9(14)7-5-12-8(18-7)10(15)16/h5H,3-4,6H2,1-2H3,(H,15,16). The highest BCUT2D eigenvalue weighted by molar-refractivity contribution is 7.15. The summed E-state index contributed by atoms with van der Waals surface area (Å²) in [6, 6.07) is 0. The first-order chi connectivity index (χ1) is 8.42. The summed E-state index contributed by atoms with van der Waals surface area (Å²) in [6.45, 7) is 5.32. The van der Waals surface area contributed by atoms with Crippen molar-refractivity contribution in [1.29, 1.82) is 0 Å². The first kappa shape index (κ1) is 13.0. The number of hydrogen-bond donors (Lipinski definition) is 1. The molecule has 0 spiro atoms. The van der Waals surface area contributed by atoms with Gasteiger partial charge < -0.3 is 14.7 Å². The van der Waals surface area contributed by atoms with E-state index in [-0.39, 0.29) is 16.5 Å². The van der Waals surface area contributed by atoms with Crippen LogP contribution in [0.3, 0.4) is 0 Å². The van der Waals surface area contributed by atoms with Crippen LogP contribution in [0.5, 0.6) is 0 Å². The Morgan fingerprint density at radius 1 is 1.56 bits per heavy atom. The number of amides is 1. The average Bonchev–Trinajstić information content (AvgIpc) is 2.77. The summed E-state index contributed by atoms with van der Waals surface area (Å²) in [5.74, 6) is -1.30. The van der Waals surface area contributed by atoms with Gasteiger partial charge in [-0.15, -0.1) is 11.3 Å². The van der Waals surface area contributed by atoms with Gasteiger partial charge in [-0.2, -0.15) is 0 Å². The molecular formula is C11H14N2O4S. The Bertz CT molecular complexity index is 483. The maximum absolute atomic E-state index is 12.3. The smallest absolute Gasteiger partial charge is 0.365 e. The van der Waals surface area contributed by atoms with Gasteiger partial charge in [-0.3, -0.25) is 4.79 Å². The van der Waals surface area contributed by atoms with Crippen LogP contribution in [0.4, 0.5) is 0 Å². The van der Waals surface area contributed by atoms with Gasteiger partial charge >= 0.3 is 5.97 Å². The Kier molecular flexibility index (Phi) is 3.36. The molecule has 0 atom stereocenters. The zero-order valence-corrected chi connectivity index (χ0v) is 11.0. The molecular weight excluding hydrogens is 256 g/mol. The minimum atomic E-state index is -1.11. The van der Waals surface area contributed by atoms with E-state index >= 15 is 0 Å². The molecule has 2 heterocycles. The van der Waals surface area contributed by atoms with Crippen LogP contribution < -0.4 is 0 Å². The molecule has 6 nitrogen and oxygen atoms in total. The number of aromatic nitrogens is 1. The number of rotatable bonds is 2. The number of hydrogen-bond acceptors (Lipinski definition) is 5. The van der Waals surface area contributed by atoms with Crippen molar-refractivity contribution < 1.29 is 19.4 Å². The number of carbonyl (C=O) groups is 2. The first-order valence-corrected chi connectivity index (χ1v) is 6.32. The number of ether oxygens (including phenoxy) is 1. The number of morpholine rings is 1. The van der Waals surface area contributed by atoms with Gasteiger partial charge in [0, 0.05) is 6.54 Å². The zero-order valence-electron chi connectivity index (χ0n) is 10.2. The third kappa shape index (κ3) is 2.37. The molecule has 18 heavy (non-hydrogen) atoms. The van der Waals surface area contributed by atoms with Crippen molar-refractivity contribution in [2.45, 2.75) is 19.4 Å². The Morgan fingerprint density at radius 2 is 2.28 bits per heavy atom. The SMILES string of the molecule is CC1(C)COCCN1C(=O)c1cnc(C(=O)O)s1. The van der Waals surface area contributed by atoms with E-state index in [1.54, 1.807) is 4.90 Å². The van der Waals surface area contributed by atoms with Gasteiger partial charge in [0.1, 0.15) is 4.88 Å². The fraction of sp³-hybridized carbons (Fsp3) is 0.545. The summed E-state index contributed by atoms with van der Waals surface area (Å²) >= 11 is 0.901. The molecule has 1 aliphatic rings. The minimum Gasteiger partial charge on any atom is -0.476 e. The Hall–Kier alpha value is -1.47. The lowest BCUT2D eigenvalue weighted by atomic mass is 10.0. The van der Waals surface area contributed by atoms with Crippen LogP contribution in [-0.4, -0.2) is 52.2 Å². The fourth-order valence-electron chi connectivity index (χ4n) is 1.84. The summed E-state index contributed by atoms with van der Waals surface area (Å²) in [6.07, 6.45) is 1.32. The second-order valence-electron chi connectivity index (χ2n) is 4.66. The number of nitrogens with zero attached hydrogens (tertiary/aromatic N) is 2. The predicted molar refractivity (Wildman–Crippen MR) is 65.0 cm³/mol. The highest BCUT2D eigenvalue weighted by Crippen LogP contribution is 2.24. The molecule has 0 aliphatic carbocycles. The van der Waals surface area contributed by atoms with Crippen molar-refractivity contribution in [3.63, 3.8) is 0 Å². The molecule has 0 radical (unpaired) electrons. The number of carboxylic acid groups (broad SMARTS) is 1. The molecule has 0 aromatic carbocycles. The highest BCUT2D eigenvalue weighted by Gasteiger charge is 2.35. The van der Waals surface area contributed by atoms with Crippen LogP contribution in [0.1, 0.15) is 33.3 Å². The van der Waals surface area contributed by atoms with Crippen molar-refractivity contribution in [2.75, 3.05) is 19.8 Å². The van der Waals surface area contributed by atoms with E-state index in [9.17, 15) is 9.59 Å². The number of carboxylic acids is 1. The van der Waals surface area contributed by atoms with Crippen molar-refractivity contribution in [3.05, 3.63) is 16.1 Å². The Labute approximate surface area is 108 Å². The monoisotopic (exact) mass is 270 g/mol. The number of thiazole rings is 1. The lowest BCUT2D eigenvalue weighted by Crippen LogP contribution is -2.55. The van der Waals surface area contributed by atoms with E-state index < -0.39 is 5.97 Å². The molecule has 0 bridgehead atoms. The van der Waals surface area contributed by atoms with Crippen LogP contribution in [0.2, 0.25) is 0 Å². The second-order valence-corrected chi connectivity index (χ2v) is 5.69. The molecule has 7 heteroatoms. The number of carbonyl (C=O) groups excluding carboxylic acids is 1. The summed E-state index contributed by atoms with van der Waals surface area (Å²) in [5.41, 5.74) is -0.386. The maximum atomic E-state index is 12.3. The van der Waals surface area contributed by atoms with Gasteiger partial charge in [0.05, 0.1) is 24.9 Å². The van der Waals surface area contributed by atoms with Crippen LogP contribution in [0.25, 0.3) is 0 Å². The van der Waals surface area contributed by atoms with Crippen LogP contribution in [0.15, 0.2) is 6.20 Å². The first-order valence-electron chi connectivity index (χ1n) is 5.50. The molecule has 1 aromatic heterocycles. The largest absolute Gasteiger partial charge is 0.476 e. The van der Waals surface area contributed by atoms with E-state index in [1.165, 1.54) is 6.20 Å². The molecule has 1 fully saturated rings. The molecule has 98 valence electrons. The molecule has 1 amide bonds. The summed E-state index contributed by atoms with van der Waals surface area (Å²) in [5, 5.41) is 8.73. The third-order valence-electron chi connectivity index (χ3n) is 2.79. The molecule has 1 aromatic rings. The minimum absolute atomic E-state index is 0.0654. The zero-order chi connectivity index (χ0) is 13.3. The van der Waals surface area contributed by atoms with E-state index in [2.05, 4.69) is 4.98 Å². The van der Waals surface area contributed by atoms with Gasteiger partial charge in [-0.1, -0.05) is 0 Å². The Morgan fingerprint density at radius 3 is 2.83 bits per heavy atom. The number of aromatic carboxylic acids is 1. The van der Waals surface area contributed by atoms with Gasteiger partial charge in [-0.25, -0.2) is 9.78 Å². The van der Waals surface area contributed by atoms with Gasteiger partial charge in [-0.05, 0) is 13.8 Å². The van der Waals surface area contributed by atoms with Gasteiger partial charge in [0.15, 0.2) is 0 Å². The average molecular weight is 270 g/mol. The quantitative estimate of drug-likeness (QED) is 0.870. The third-order valence-corrected chi connectivity index (χ3v) is 3.76. The van der Waals surface area contributed by atoms with Crippen LogP contribution in [0, 0.1) is 0 Å². The maximum Gasteiger partial charge on any atom is 0.365 e. The van der Waals surface area contributed by atoms with Crippen molar-refractivity contribution >= 4 is 23.2 Å². The molecule has 1 aliphatic heterocycles. The van der Waals surface area contributed by atoms with Crippen molar-refractivity contribution in [1.82, 2.24) is 9.88 Å². The molecule has 0 unspecified atom stereocenters. The van der Waals surface area contributed by atoms with Crippen LogP contribution in [-0.2, 0) is 4.74 Å². The van der Waals surface area contributed by atoms with E-state index in [0.717, 1.165) is 11.3 Å². The topological polar surface area (TPSA) is 79.7 Å².